The first-order valence-electron chi connectivity index (χ1n) is 5.10. The van der Waals surface area contributed by atoms with Gasteiger partial charge >= 0.3 is 0 Å². The molecule has 5 heteroatoms. The van der Waals surface area contributed by atoms with Gasteiger partial charge < -0.3 is 4.90 Å². The van der Waals surface area contributed by atoms with Crippen molar-refractivity contribution in [2.24, 2.45) is 0 Å². The summed E-state index contributed by atoms with van der Waals surface area (Å²) in [7, 11) is 0. The van der Waals surface area contributed by atoms with Crippen LogP contribution in [0.15, 0.2) is 28.3 Å². The summed E-state index contributed by atoms with van der Waals surface area (Å²) in [4.78, 5) is 12.4. The average Bonchev–Trinajstić information content (AvgIpc) is 2.77. The molecule has 1 aliphatic heterocycles. The summed E-state index contributed by atoms with van der Waals surface area (Å²) in [5, 5.41) is 2.16. The fraction of sp³-hybridized carbons (Fsp3) is 0.273. The number of thiophene rings is 1. The molecule has 2 aromatic heterocycles. The van der Waals surface area contributed by atoms with Crippen LogP contribution in [0, 0.1) is 0 Å². The van der Waals surface area contributed by atoms with Gasteiger partial charge in [-0.25, -0.2) is 9.97 Å². The van der Waals surface area contributed by atoms with E-state index in [4.69, 9.17) is 0 Å². The molecule has 3 nitrogen and oxygen atoms in total. The minimum Gasteiger partial charge on any atom is -0.336 e. The summed E-state index contributed by atoms with van der Waals surface area (Å²) < 4.78 is 0.921. The number of aromatic nitrogens is 2. The van der Waals surface area contributed by atoms with Gasteiger partial charge in [0, 0.05) is 30.4 Å². The molecule has 16 heavy (non-hydrogen) atoms. The van der Waals surface area contributed by atoms with E-state index >= 15 is 0 Å². The van der Waals surface area contributed by atoms with Crippen LogP contribution in [0.25, 0.3) is 0 Å². The van der Waals surface area contributed by atoms with Crippen LogP contribution < -0.4 is 4.90 Å². The van der Waals surface area contributed by atoms with Crippen LogP contribution in [0.3, 0.4) is 0 Å². The van der Waals surface area contributed by atoms with Gasteiger partial charge in [0.15, 0.2) is 0 Å². The van der Waals surface area contributed by atoms with Gasteiger partial charge in [-0.05, 0) is 39.4 Å². The topological polar surface area (TPSA) is 29.0 Å². The normalized spacial score (nSPS) is 14.9. The standard InChI is InChI=1S/C11H10BrN3S/c12-9-5-13-11(14-6-9)15-3-1-10-8(7-15)2-4-16-10/h2,4-6H,1,3,7H2. The molecule has 0 unspecified atom stereocenters. The van der Waals surface area contributed by atoms with Crippen molar-refractivity contribution in [3.63, 3.8) is 0 Å². The van der Waals surface area contributed by atoms with Crippen LogP contribution in [0.2, 0.25) is 0 Å². The van der Waals surface area contributed by atoms with Crippen molar-refractivity contribution in [1.82, 2.24) is 9.97 Å². The van der Waals surface area contributed by atoms with Crippen molar-refractivity contribution in [3.8, 4) is 0 Å². The van der Waals surface area contributed by atoms with E-state index in [-0.39, 0.29) is 0 Å². The first-order chi connectivity index (χ1) is 7.83. The molecule has 0 aliphatic carbocycles. The lowest BCUT2D eigenvalue weighted by Crippen LogP contribution is -2.30. The monoisotopic (exact) mass is 295 g/mol. The van der Waals surface area contributed by atoms with Gasteiger partial charge in [-0.3, -0.25) is 0 Å². The first-order valence-corrected chi connectivity index (χ1v) is 6.78. The molecule has 0 aromatic carbocycles. The highest BCUT2D eigenvalue weighted by Crippen LogP contribution is 2.26. The quantitative estimate of drug-likeness (QED) is 0.810. The molecule has 3 heterocycles. The molecule has 3 rings (SSSR count). The van der Waals surface area contributed by atoms with Crippen molar-refractivity contribution in [2.45, 2.75) is 13.0 Å². The zero-order chi connectivity index (χ0) is 11.0. The van der Waals surface area contributed by atoms with Crippen molar-refractivity contribution >= 4 is 33.2 Å². The zero-order valence-corrected chi connectivity index (χ0v) is 11.0. The number of fused-ring (bicyclic) bond motifs is 1. The van der Waals surface area contributed by atoms with Gasteiger partial charge in [0.05, 0.1) is 4.47 Å². The van der Waals surface area contributed by atoms with Crippen molar-refractivity contribution in [2.75, 3.05) is 11.4 Å². The molecule has 1 aliphatic rings. The molecule has 2 aromatic rings. The van der Waals surface area contributed by atoms with E-state index in [0.717, 1.165) is 29.9 Å². The second-order valence-corrected chi connectivity index (χ2v) is 5.66. The molecule has 0 N–H and O–H groups in total. The molecule has 82 valence electrons. The maximum absolute atomic E-state index is 4.33. The minimum absolute atomic E-state index is 0.819. The van der Waals surface area contributed by atoms with Crippen LogP contribution in [0.5, 0.6) is 0 Å². The number of nitrogens with zero attached hydrogens (tertiary/aromatic N) is 3. The van der Waals surface area contributed by atoms with Crippen molar-refractivity contribution in [1.29, 1.82) is 0 Å². The van der Waals surface area contributed by atoms with E-state index in [1.165, 1.54) is 10.4 Å². The Hall–Kier alpha value is -0.940. The van der Waals surface area contributed by atoms with Crippen LogP contribution >= 0.6 is 27.3 Å². The van der Waals surface area contributed by atoms with Gasteiger partial charge in [0.2, 0.25) is 5.95 Å². The fourth-order valence-electron chi connectivity index (χ4n) is 1.89. The summed E-state index contributed by atoms with van der Waals surface area (Å²) in [6.45, 7) is 1.94. The van der Waals surface area contributed by atoms with Crippen LogP contribution in [0.4, 0.5) is 5.95 Å². The number of hydrogen-bond donors (Lipinski definition) is 0. The van der Waals surface area contributed by atoms with E-state index in [2.05, 4.69) is 42.2 Å². The van der Waals surface area contributed by atoms with Crippen LogP contribution in [-0.2, 0) is 13.0 Å². The van der Waals surface area contributed by atoms with Gasteiger partial charge in [-0.2, -0.15) is 0 Å². The largest absolute Gasteiger partial charge is 0.336 e. The Kier molecular flexibility index (Phi) is 2.65. The predicted molar refractivity (Wildman–Crippen MR) is 68.8 cm³/mol. The second kappa shape index (κ2) is 4.14. The predicted octanol–water partition coefficient (Wildman–Crippen LogP) is 2.86. The Balaban J connectivity index is 1.86. The summed E-state index contributed by atoms with van der Waals surface area (Å²) in [5.41, 5.74) is 1.42. The molecular formula is C11H10BrN3S. The molecule has 0 saturated heterocycles. The van der Waals surface area contributed by atoms with E-state index in [1.807, 2.05) is 11.3 Å². The van der Waals surface area contributed by atoms with Crippen LogP contribution in [-0.4, -0.2) is 16.5 Å². The minimum atomic E-state index is 0.819. The van der Waals surface area contributed by atoms with Crippen molar-refractivity contribution in [3.05, 3.63) is 38.8 Å². The highest BCUT2D eigenvalue weighted by molar-refractivity contribution is 9.10. The molecule has 0 radical (unpaired) electrons. The van der Waals surface area contributed by atoms with Gasteiger partial charge in [0.25, 0.3) is 0 Å². The molecule has 0 saturated carbocycles. The SMILES string of the molecule is Brc1cnc(N2CCc3sccc3C2)nc1. The summed E-state index contributed by atoms with van der Waals surface area (Å²) >= 11 is 5.20. The van der Waals surface area contributed by atoms with Gasteiger partial charge in [0.1, 0.15) is 0 Å². The van der Waals surface area contributed by atoms with Crippen molar-refractivity contribution < 1.29 is 0 Å². The molecule has 0 amide bonds. The summed E-state index contributed by atoms with van der Waals surface area (Å²) in [6, 6.07) is 2.20. The molecule has 0 atom stereocenters. The number of anilines is 1. The van der Waals surface area contributed by atoms with E-state index in [9.17, 15) is 0 Å². The lowest BCUT2D eigenvalue weighted by atomic mass is 10.1. The Morgan fingerprint density at radius 1 is 1.31 bits per heavy atom. The summed E-state index contributed by atoms with van der Waals surface area (Å²) in [6.07, 6.45) is 4.70. The second-order valence-electron chi connectivity index (χ2n) is 3.74. The Morgan fingerprint density at radius 3 is 2.94 bits per heavy atom. The van der Waals surface area contributed by atoms with E-state index in [1.54, 1.807) is 12.4 Å². The molecule has 0 fully saturated rings. The lowest BCUT2D eigenvalue weighted by molar-refractivity contribution is 0.717. The Labute approximate surface area is 106 Å². The first kappa shape index (κ1) is 10.2. The highest BCUT2D eigenvalue weighted by atomic mass is 79.9. The van der Waals surface area contributed by atoms with Crippen LogP contribution in [0.1, 0.15) is 10.4 Å². The Bertz CT molecular complexity index is 494. The maximum atomic E-state index is 4.33. The van der Waals surface area contributed by atoms with Gasteiger partial charge in [-0.15, -0.1) is 11.3 Å². The summed E-state index contributed by atoms with van der Waals surface area (Å²) in [5.74, 6) is 0.819. The number of hydrogen-bond acceptors (Lipinski definition) is 4. The third-order valence-electron chi connectivity index (χ3n) is 2.70. The Morgan fingerprint density at radius 2 is 2.12 bits per heavy atom. The zero-order valence-electron chi connectivity index (χ0n) is 8.56. The smallest absolute Gasteiger partial charge is 0.225 e. The van der Waals surface area contributed by atoms with E-state index < -0.39 is 0 Å². The lowest BCUT2D eigenvalue weighted by Gasteiger charge is -2.26. The average molecular weight is 296 g/mol. The molecule has 0 bridgehead atoms. The fourth-order valence-corrected chi connectivity index (χ4v) is 2.98. The van der Waals surface area contributed by atoms with Gasteiger partial charge in [-0.1, -0.05) is 0 Å². The third kappa shape index (κ3) is 1.85. The highest BCUT2D eigenvalue weighted by Gasteiger charge is 2.18. The van der Waals surface area contributed by atoms with E-state index in [0.29, 0.717) is 0 Å². The number of halogens is 1. The number of rotatable bonds is 1. The molecule has 0 spiro atoms. The molecular weight excluding hydrogens is 286 g/mol. The third-order valence-corrected chi connectivity index (χ3v) is 4.13. The maximum Gasteiger partial charge on any atom is 0.225 e.